The van der Waals surface area contributed by atoms with E-state index in [1.807, 2.05) is 31.2 Å². The summed E-state index contributed by atoms with van der Waals surface area (Å²) in [4.78, 5) is 0. The van der Waals surface area contributed by atoms with Gasteiger partial charge in [0.1, 0.15) is 11.5 Å². The summed E-state index contributed by atoms with van der Waals surface area (Å²) in [6.07, 6.45) is 1.07. The van der Waals surface area contributed by atoms with Gasteiger partial charge in [-0.2, -0.15) is 0 Å². The third kappa shape index (κ3) is 3.85. The quantitative estimate of drug-likeness (QED) is 0.818. The van der Waals surface area contributed by atoms with Crippen LogP contribution in [0.1, 0.15) is 36.5 Å². The van der Waals surface area contributed by atoms with Crippen molar-refractivity contribution in [1.29, 1.82) is 0 Å². The van der Waals surface area contributed by atoms with Crippen molar-refractivity contribution in [3.63, 3.8) is 0 Å². The molecule has 0 aliphatic heterocycles. The summed E-state index contributed by atoms with van der Waals surface area (Å²) in [6.45, 7) is 5.02. The third-order valence-corrected chi connectivity index (χ3v) is 3.54. The van der Waals surface area contributed by atoms with Crippen molar-refractivity contribution in [3.05, 3.63) is 56.9 Å². The number of furan rings is 1. The highest BCUT2D eigenvalue weighted by Gasteiger charge is 2.17. The maximum atomic E-state index is 6.13. The molecule has 0 amide bonds. The summed E-state index contributed by atoms with van der Waals surface area (Å²) < 4.78 is 6.73. The summed E-state index contributed by atoms with van der Waals surface area (Å²) in [5.74, 6) is 1.83. The molecule has 0 aliphatic rings. The van der Waals surface area contributed by atoms with Crippen molar-refractivity contribution in [1.82, 2.24) is 5.32 Å². The molecule has 2 rings (SSSR count). The average molecular weight is 343 g/mol. The minimum atomic E-state index is 0.0312. The van der Waals surface area contributed by atoms with Crippen LogP contribution in [0.5, 0.6) is 0 Å². The fourth-order valence-electron chi connectivity index (χ4n) is 2.02. The number of nitrogens with one attached hydrogen (secondary N) is 1. The van der Waals surface area contributed by atoms with E-state index in [9.17, 15) is 0 Å². The van der Waals surface area contributed by atoms with Gasteiger partial charge in [0.05, 0.1) is 6.04 Å². The van der Waals surface area contributed by atoms with Gasteiger partial charge in [0.15, 0.2) is 0 Å². The Kier molecular flexibility index (Phi) is 5.08. The van der Waals surface area contributed by atoms with Gasteiger partial charge in [0.25, 0.3) is 0 Å². The Morgan fingerprint density at radius 2 is 2.11 bits per heavy atom. The number of aryl methyl sites for hydroxylation is 1. The molecule has 102 valence electrons. The summed E-state index contributed by atoms with van der Waals surface area (Å²) >= 11 is 9.62. The number of benzene rings is 1. The molecule has 0 fully saturated rings. The van der Waals surface area contributed by atoms with Gasteiger partial charge in [-0.15, -0.1) is 0 Å². The first-order valence-corrected chi connectivity index (χ1v) is 7.53. The molecular weight excluding hydrogens is 326 g/mol. The predicted molar refractivity (Wildman–Crippen MR) is 82.7 cm³/mol. The minimum absolute atomic E-state index is 0.0312. The van der Waals surface area contributed by atoms with E-state index in [4.69, 9.17) is 16.0 Å². The highest BCUT2D eigenvalue weighted by atomic mass is 79.9. The van der Waals surface area contributed by atoms with Crippen LogP contribution in [0.3, 0.4) is 0 Å². The smallest absolute Gasteiger partial charge is 0.125 e. The van der Waals surface area contributed by atoms with Gasteiger partial charge >= 0.3 is 0 Å². The third-order valence-electron chi connectivity index (χ3n) is 2.86. The van der Waals surface area contributed by atoms with Gasteiger partial charge in [0, 0.05) is 9.50 Å². The molecule has 0 saturated carbocycles. The second-order valence-electron chi connectivity index (χ2n) is 4.54. The van der Waals surface area contributed by atoms with Gasteiger partial charge < -0.3 is 9.73 Å². The van der Waals surface area contributed by atoms with Crippen molar-refractivity contribution >= 4 is 27.5 Å². The monoisotopic (exact) mass is 341 g/mol. The lowest BCUT2D eigenvalue weighted by Gasteiger charge is -2.17. The van der Waals surface area contributed by atoms with Crippen LogP contribution in [0.4, 0.5) is 0 Å². The highest BCUT2D eigenvalue weighted by molar-refractivity contribution is 9.10. The maximum absolute atomic E-state index is 6.13. The lowest BCUT2D eigenvalue weighted by molar-refractivity contribution is 0.430. The van der Waals surface area contributed by atoms with Gasteiger partial charge in [-0.1, -0.05) is 34.5 Å². The van der Waals surface area contributed by atoms with Crippen LogP contribution >= 0.6 is 27.5 Å². The van der Waals surface area contributed by atoms with Gasteiger partial charge in [-0.05, 0) is 55.8 Å². The summed E-state index contributed by atoms with van der Waals surface area (Å²) in [7, 11) is 0. The molecule has 0 saturated heterocycles. The zero-order chi connectivity index (χ0) is 13.8. The SMILES string of the molecule is CCCNC(c1cc(Cl)cc(Br)c1)c1ccc(C)o1. The van der Waals surface area contributed by atoms with Gasteiger partial charge in [-0.25, -0.2) is 0 Å². The number of rotatable bonds is 5. The van der Waals surface area contributed by atoms with Gasteiger partial charge in [0.2, 0.25) is 0 Å². The van der Waals surface area contributed by atoms with Crippen LogP contribution in [0.25, 0.3) is 0 Å². The lowest BCUT2D eigenvalue weighted by atomic mass is 10.0. The van der Waals surface area contributed by atoms with Crippen molar-refractivity contribution in [2.75, 3.05) is 6.54 Å². The number of hydrogen-bond donors (Lipinski definition) is 1. The van der Waals surface area contributed by atoms with E-state index in [2.05, 4.69) is 34.2 Å². The van der Waals surface area contributed by atoms with Crippen LogP contribution in [0, 0.1) is 6.92 Å². The molecule has 2 nitrogen and oxygen atoms in total. The Morgan fingerprint density at radius 1 is 1.32 bits per heavy atom. The Bertz CT molecular complexity index is 533. The Hall–Kier alpha value is -0.770. The van der Waals surface area contributed by atoms with E-state index in [-0.39, 0.29) is 6.04 Å². The van der Waals surface area contributed by atoms with E-state index >= 15 is 0 Å². The van der Waals surface area contributed by atoms with Crippen molar-refractivity contribution in [2.24, 2.45) is 0 Å². The van der Waals surface area contributed by atoms with E-state index in [0.717, 1.165) is 39.5 Å². The van der Waals surface area contributed by atoms with Crippen LogP contribution in [-0.4, -0.2) is 6.54 Å². The molecule has 1 unspecified atom stereocenters. The number of halogens is 2. The molecule has 0 radical (unpaired) electrons. The zero-order valence-corrected chi connectivity index (χ0v) is 13.4. The molecule has 2 aromatic rings. The summed E-state index contributed by atoms with van der Waals surface area (Å²) in [5.41, 5.74) is 1.10. The van der Waals surface area contributed by atoms with Crippen molar-refractivity contribution < 1.29 is 4.42 Å². The Labute approximate surface area is 127 Å². The van der Waals surface area contributed by atoms with E-state index in [1.54, 1.807) is 0 Å². The fraction of sp³-hybridized carbons (Fsp3) is 0.333. The molecule has 1 N–H and O–H groups in total. The average Bonchev–Trinajstić information content (AvgIpc) is 2.75. The molecule has 0 bridgehead atoms. The standard InChI is InChI=1S/C15H17BrClNO/c1-3-6-18-15(14-5-4-10(2)19-14)11-7-12(16)9-13(17)8-11/h4-5,7-9,15,18H,3,6H2,1-2H3. The molecule has 1 aromatic heterocycles. The number of hydrogen-bond acceptors (Lipinski definition) is 2. The molecule has 1 heterocycles. The van der Waals surface area contributed by atoms with Crippen LogP contribution in [0.15, 0.2) is 39.2 Å². The first kappa shape index (κ1) is 14.6. The molecule has 1 aromatic carbocycles. The van der Waals surface area contributed by atoms with E-state index in [1.165, 1.54) is 0 Å². The van der Waals surface area contributed by atoms with Crippen molar-refractivity contribution in [3.8, 4) is 0 Å². The minimum Gasteiger partial charge on any atom is -0.464 e. The van der Waals surface area contributed by atoms with Crippen LogP contribution < -0.4 is 5.32 Å². The normalized spacial score (nSPS) is 12.6. The fourth-order valence-corrected chi connectivity index (χ4v) is 2.91. The van der Waals surface area contributed by atoms with Crippen LogP contribution in [-0.2, 0) is 0 Å². The largest absolute Gasteiger partial charge is 0.464 e. The predicted octanol–water partition coefficient (Wildman–Crippen LogP) is 5.09. The highest BCUT2D eigenvalue weighted by Crippen LogP contribution is 2.29. The summed E-state index contributed by atoms with van der Waals surface area (Å²) in [5, 5.41) is 4.22. The second kappa shape index (κ2) is 6.60. The first-order valence-electron chi connectivity index (χ1n) is 6.36. The second-order valence-corrected chi connectivity index (χ2v) is 5.89. The molecule has 0 spiro atoms. The lowest BCUT2D eigenvalue weighted by Crippen LogP contribution is -2.22. The topological polar surface area (TPSA) is 25.2 Å². The Morgan fingerprint density at radius 3 is 2.68 bits per heavy atom. The Balaban J connectivity index is 2.36. The van der Waals surface area contributed by atoms with Crippen molar-refractivity contribution in [2.45, 2.75) is 26.3 Å². The molecular formula is C15H17BrClNO. The first-order chi connectivity index (χ1) is 9.10. The zero-order valence-electron chi connectivity index (χ0n) is 11.0. The molecule has 1 atom stereocenters. The van der Waals surface area contributed by atoms with E-state index in [0.29, 0.717) is 0 Å². The van der Waals surface area contributed by atoms with Gasteiger partial charge in [-0.3, -0.25) is 0 Å². The van der Waals surface area contributed by atoms with E-state index < -0.39 is 0 Å². The van der Waals surface area contributed by atoms with Crippen LogP contribution in [0.2, 0.25) is 5.02 Å². The maximum Gasteiger partial charge on any atom is 0.125 e. The summed E-state index contributed by atoms with van der Waals surface area (Å²) in [6, 6.07) is 9.94. The molecule has 4 heteroatoms. The molecule has 19 heavy (non-hydrogen) atoms. The molecule has 0 aliphatic carbocycles.